The summed E-state index contributed by atoms with van der Waals surface area (Å²) in [5.74, 6) is 1.43. The third-order valence-corrected chi connectivity index (χ3v) is 6.49. The normalized spacial score (nSPS) is 12.0. The van der Waals surface area contributed by atoms with Crippen LogP contribution >= 0.6 is 11.3 Å². The number of amides is 1. The minimum atomic E-state index is -0.213. The molecule has 0 radical (unpaired) electrons. The number of furan rings is 1. The van der Waals surface area contributed by atoms with E-state index < -0.39 is 0 Å². The number of anilines is 1. The van der Waals surface area contributed by atoms with Gasteiger partial charge in [-0.25, -0.2) is 4.98 Å². The number of rotatable bonds is 5. The van der Waals surface area contributed by atoms with Crippen molar-refractivity contribution in [2.24, 2.45) is 0 Å². The lowest BCUT2D eigenvalue weighted by atomic mass is 9.98. The molecule has 160 valence electrons. The number of para-hydroxylation sites is 1. The summed E-state index contributed by atoms with van der Waals surface area (Å²) >= 11 is 1.47. The molecule has 0 aliphatic carbocycles. The number of thiazole rings is 1. The van der Waals surface area contributed by atoms with Crippen LogP contribution in [0.4, 0.5) is 5.13 Å². The molecule has 1 N–H and O–H groups in total. The van der Waals surface area contributed by atoms with Crippen molar-refractivity contribution in [1.29, 1.82) is 0 Å². The van der Waals surface area contributed by atoms with E-state index in [4.69, 9.17) is 9.15 Å². The lowest BCUT2D eigenvalue weighted by Gasteiger charge is -2.14. The van der Waals surface area contributed by atoms with Crippen LogP contribution in [-0.2, 0) is 4.79 Å². The number of nitrogens with zero attached hydrogens (tertiary/aromatic N) is 1. The molecule has 2 heterocycles. The first-order chi connectivity index (χ1) is 14.8. The van der Waals surface area contributed by atoms with Gasteiger partial charge in [-0.1, -0.05) is 23.5 Å². The Bertz CT molecular complexity index is 1340. The molecule has 0 saturated carbocycles. The highest BCUT2D eigenvalue weighted by Gasteiger charge is 2.19. The maximum absolute atomic E-state index is 12.8. The predicted molar refractivity (Wildman–Crippen MR) is 128 cm³/mol. The van der Waals surface area contributed by atoms with Crippen molar-refractivity contribution in [1.82, 2.24) is 4.98 Å². The van der Waals surface area contributed by atoms with Crippen molar-refractivity contribution in [3.05, 3.63) is 58.4 Å². The first-order valence-corrected chi connectivity index (χ1v) is 11.1. The molecule has 1 amide bonds. The predicted octanol–water partition coefficient (Wildman–Crippen LogP) is 6.72. The molecule has 4 rings (SSSR count). The van der Waals surface area contributed by atoms with E-state index in [1.54, 1.807) is 6.08 Å². The summed E-state index contributed by atoms with van der Waals surface area (Å²) in [6, 6.07) is 8.08. The molecule has 2 aromatic carbocycles. The van der Waals surface area contributed by atoms with Crippen LogP contribution in [0.2, 0.25) is 0 Å². The smallest absolute Gasteiger partial charge is 0.250 e. The number of aromatic nitrogens is 1. The number of ether oxygens (including phenoxy) is 1. The number of hydrogen-bond donors (Lipinski definition) is 1. The third-order valence-electron chi connectivity index (χ3n) is 5.56. The zero-order valence-electron chi connectivity index (χ0n) is 18.7. The van der Waals surface area contributed by atoms with Crippen LogP contribution in [0.25, 0.3) is 26.8 Å². The Hall–Kier alpha value is -3.12. The van der Waals surface area contributed by atoms with Crippen molar-refractivity contribution in [3.63, 3.8) is 0 Å². The van der Waals surface area contributed by atoms with E-state index in [1.807, 2.05) is 59.7 Å². The SMILES string of the molecule is CCOc1c(/C(C)=C/C(=O)Nc2nc3c(C)cccc3s2)cc2c(C)c(C)oc2c1C. The number of benzene rings is 2. The lowest BCUT2D eigenvalue weighted by Crippen LogP contribution is -2.08. The molecule has 0 spiro atoms. The van der Waals surface area contributed by atoms with E-state index in [-0.39, 0.29) is 5.91 Å². The van der Waals surface area contributed by atoms with Crippen LogP contribution < -0.4 is 10.1 Å². The molecule has 2 aromatic heterocycles. The fraction of sp³-hybridized carbons (Fsp3) is 0.280. The highest BCUT2D eigenvalue weighted by molar-refractivity contribution is 7.22. The topological polar surface area (TPSA) is 64.4 Å². The molecule has 5 nitrogen and oxygen atoms in total. The highest BCUT2D eigenvalue weighted by atomic mass is 32.1. The lowest BCUT2D eigenvalue weighted by molar-refractivity contribution is -0.111. The molecule has 6 heteroatoms. The number of nitrogens with one attached hydrogen (secondary N) is 1. The zero-order valence-corrected chi connectivity index (χ0v) is 19.5. The van der Waals surface area contributed by atoms with Crippen molar-refractivity contribution in [2.45, 2.75) is 41.5 Å². The minimum Gasteiger partial charge on any atom is -0.493 e. The van der Waals surface area contributed by atoms with Crippen molar-refractivity contribution in [2.75, 3.05) is 11.9 Å². The highest BCUT2D eigenvalue weighted by Crippen LogP contribution is 2.39. The maximum Gasteiger partial charge on any atom is 0.250 e. The molecule has 0 atom stereocenters. The molecule has 4 aromatic rings. The van der Waals surface area contributed by atoms with Crippen LogP contribution in [0, 0.1) is 27.7 Å². The standard InChI is InChI=1S/C25H26N2O3S/c1-7-29-23-16(5)24-19(15(4)17(6)30-24)12-18(23)14(3)11-21(28)26-25-27-22-13(2)9-8-10-20(22)31-25/h8-12H,7H2,1-6H3,(H,26,27,28)/b14-11+. The quantitative estimate of drug-likeness (QED) is 0.354. The van der Waals surface area contributed by atoms with Crippen LogP contribution in [0.3, 0.4) is 0 Å². The van der Waals surface area contributed by atoms with E-state index in [9.17, 15) is 4.79 Å². The number of carbonyl (C=O) groups is 1. The molecule has 0 unspecified atom stereocenters. The first-order valence-electron chi connectivity index (χ1n) is 10.3. The number of aryl methyl sites for hydroxylation is 4. The average molecular weight is 435 g/mol. The average Bonchev–Trinajstić information content (AvgIpc) is 3.26. The van der Waals surface area contributed by atoms with Gasteiger partial charge in [0, 0.05) is 22.6 Å². The van der Waals surface area contributed by atoms with Crippen LogP contribution in [0.1, 0.15) is 41.9 Å². The Morgan fingerprint density at radius 3 is 2.71 bits per heavy atom. The number of allylic oxidation sites excluding steroid dienone is 1. The monoisotopic (exact) mass is 434 g/mol. The van der Waals surface area contributed by atoms with Crippen molar-refractivity contribution >= 4 is 49.1 Å². The molecule has 31 heavy (non-hydrogen) atoms. The fourth-order valence-corrected chi connectivity index (χ4v) is 4.74. The molecule has 0 fully saturated rings. The van der Waals surface area contributed by atoms with Crippen molar-refractivity contribution < 1.29 is 13.9 Å². The van der Waals surface area contributed by atoms with E-state index in [0.29, 0.717) is 11.7 Å². The Labute approximate surface area is 185 Å². The van der Waals surface area contributed by atoms with E-state index >= 15 is 0 Å². The van der Waals surface area contributed by atoms with Crippen LogP contribution in [-0.4, -0.2) is 17.5 Å². The summed E-state index contributed by atoms with van der Waals surface area (Å²) in [7, 11) is 0. The second-order valence-corrected chi connectivity index (χ2v) is 8.76. The number of hydrogen-bond acceptors (Lipinski definition) is 5. The second-order valence-electron chi connectivity index (χ2n) is 7.73. The summed E-state index contributed by atoms with van der Waals surface area (Å²) in [4.78, 5) is 17.3. The van der Waals surface area contributed by atoms with Gasteiger partial charge in [-0.05, 0) is 70.4 Å². The van der Waals surface area contributed by atoms with Gasteiger partial charge in [0.2, 0.25) is 5.91 Å². The van der Waals surface area contributed by atoms with E-state index in [2.05, 4.69) is 16.4 Å². The van der Waals surface area contributed by atoms with Gasteiger partial charge in [0.15, 0.2) is 5.13 Å². The van der Waals surface area contributed by atoms with Crippen LogP contribution in [0.5, 0.6) is 5.75 Å². The van der Waals surface area contributed by atoms with Crippen LogP contribution in [0.15, 0.2) is 34.8 Å². The molecule has 0 aliphatic heterocycles. The largest absolute Gasteiger partial charge is 0.493 e. The second kappa shape index (κ2) is 8.19. The summed E-state index contributed by atoms with van der Waals surface area (Å²) in [5, 5.41) is 4.55. The molecule has 0 aliphatic rings. The first kappa shape index (κ1) is 21.1. The Balaban J connectivity index is 1.70. The number of carbonyl (C=O) groups excluding carboxylic acids is 1. The summed E-state index contributed by atoms with van der Waals surface area (Å²) in [5.41, 5.74) is 6.62. The van der Waals surface area contributed by atoms with Crippen molar-refractivity contribution in [3.8, 4) is 5.75 Å². The summed E-state index contributed by atoms with van der Waals surface area (Å²) in [6.45, 7) is 12.4. The maximum atomic E-state index is 12.8. The summed E-state index contributed by atoms with van der Waals surface area (Å²) < 4.78 is 13.0. The molecular formula is C25H26N2O3S. The minimum absolute atomic E-state index is 0.213. The Kier molecular flexibility index (Phi) is 5.58. The molecule has 0 bridgehead atoms. The van der Waals surface area contributed by atoms with E-state index in [1.165, 1.54) is 11.3 Å². The summed E-state index contributed by atoms with van der Waals surface area (Å²) in [6.07, 6.45) is 1.60. The Morgan fingerprint density at radius 1 is 1.23 bits per heavy atom. The van der Waals surface area contributed by atoms with Gasteiger partial charge >= 0.3 is 0 Å². The van der Waals surface area contributed by atoms with Gasteiger partial charge in [0.05, 0.1) is 16.8 Å². The Morgan fingerprint density at radius 2 is 2.00 bits per heavy atom. The zero-order chi connectivity index (χ0) is 22.3. The number of fused-ring (bicyclic) bond motifs is 2. The fourth-order valence-electron chi connectivity index (χ4n) is 3.79. The van der Waals surface area contributed by atoms with Gasteiger partial charge in [-0.15, -0.1) is 0 Å². The molecule has 0 saturated heterocycles. The molecular weight excluding hydrogens is 408 g/mol. The van der Waals surface area contributed by atoms with Gasteiger partial charge in [0.25, 0.3) is 0 Å². The van der Waals surface area contributed by atoms with E-state index in [0.717, 1.165) is 60.5 Å². The van der Waals surface area contributed by atoms with Gasteiger partial charge < -0.3 is 9.15 Å². The third kappa shape index (κ3) is 3.83. The van der Waals surface area contributed by atoms with Gasteiger partial charge in [-0.3, -0.25) is 10.1 Å². The van der Waals surface area contributed by atoms with Gasteiger partial charge in [-0.2, -0.15) is 0 Å². The van der Waals surface area contributed by atoms with Gasteiger partial charge in [0.1, 0.15) is 17.1 Å².